The van der Waals surface area contributed by atoms with Crippen molar-refractivity contribution in [1.82, 2.24) is 0 Å². The van der Waals surface area contributed by atoms with Crippen LogP contribution in [0.25, 0.3) is 0 Å². The van der Waals surface area contributed by atoms with E-state index in [0.29, 0.717) is 11.4 Å². The minimum atomic E-state index is -1.97. The third-order valence-corrected chi connectivity index (χ3v) is 9.48. The van der Waals surface area contributed by atoms with Crippen LogP contribution in [0.15, 0.2) is 42.5 Å². The maximum Gasteiger partial charge on any atom is 0.266 e. The number of carbonyl (C=O) groups excluding carboxylic acids is 2. The second-order valence-electron chi connectivity index (χ2n) is 7.99. The first kappa shape index (κ1) is 18.3. The molecule has 0 atom stereocenters. The van der Waals surface area contributed by atoms with Gasteiger partial charge < -0.3 is 4.43 Å². The van der Waals surface area contributed by atoms with Crippen molar-refractivity contribution >= 4 is 25.8 Å². The van der Waals surface area contributed by atoms with Crippen LogP contribution >= 0.6 is 0 Å². The van der Waals surface area contributed by atoms with E-state index in [2.05, 4.69) is 33.9 Å². The number of hydrogen-bond acceptors (Lipinski definition) is 3. The topological polar surface area (TPSA) is 46.6 Å². The van der Waals surface area contributed by atoms with Gasteiger partial charge >= 0.3 is 0 Å². The molecule has 0 N–H and O–H groups in total. The van der Waals surface area contributed by atoms with E-state index in [0.717, 1.165) is 11.0 Å². The summed E-state index contributed by atoms with van der Waals surface area (Å²) in [5.74, 6) is -0.779. The summed E-state index contributed by atoms with van der Waals surface area (Å²) in [5.41, 5.74) is 0.758. The molecule has 1 aliphatic rings. The smallest absolute Gasteiger partial charge is 0.266 e. The number of benzene rings is 2. The molecule has 26 heavy (non-hydrogen) atoms. The van der Waals surface area contributed by atoms with Gasteiger partial charge in [-0.2, -0.15) is 0 Å². The van der Waals surface area contributed by atoms with E-state index >= 15 is 0 Å². The van der Waals surface area contributed by atoms with Gasteiger partial charge in [0.2, 0.25) is 8.32 Å². The predicted octanol–water partition coefficient (Wildman–Crippen LogP) is 5.01. The third-order valence-electron chi connectivity index (χ3n) is 5.12. The number of fused-ring (bicyclic) bond motifs is 1. The lowest BCUT2D eigenvalue weighted by atomic mass is 10.1. The molecule has 0 aliphatic carbocycles. The summed E-state index contributed by atoms with van der Waals surface area (Å²) in [5, 5.41) is 0.0677. The van der Waals surface area contributed by atoms with Gasteiger partial charge in [-0.05, 0) is 60.6 Å². The molecule has 1 aliphatic heterocycles. The number of amides is 2. The molecular formula is C20H22FNO3Si. The minimum Gasteiger partial charge on any atom is -0.544 e. The number of anilines is 1. The van der Waals surface area contributed by atoms with Crippen molar-refractivity contribution in [2.24, 2.45) is 0 Å². The Hall–Kier alpha value is -2.47. The van der Waals surface area contributed by atoms with E-state index in [9.17, 15) is 14.0 Å². The first-order chi connectivity index (χ1) is 12.0. The van der Waals surface area contributed by atoms with Crippen LogP contribution < -0.4 is 9.33 Å². The van der Waals surface area contributed by atoms with Gasteiger partial charge in [-0.15, -0.1) is 0 Å². The highest BCUT2D eigenvalue weighted by molar-refractivity contribution is 6.74. The summed E-state index contributed by atoms with van der Waals surface area (Å²) in [7, 11) is -1.97. The number of carbonyl (C=O) groups is 2. The standard InChI is InChI=1S/C20H22FNO3Si/c1-20(2,3)26(4,5)25-15-9-7-14(8-10-15)22-18(23)16-11-6-13(21)12-17(16)19(22)24/h6-12H,1-5H3. The van der Waals surface area contributed by atoms with Crippen molar-refractivity contribution in [2.45, 2.75) is 38.9 Å². The Kier molecular flexibility index (Phi) is 4.27. The zero-order valence-electron chi connectivity index (χ0n) is 15.6. The van der Waals surface area contributed by atoms with Gasteiger partial charge in [0.1, 0.15) is 11.6 Å². The zero-order chi connectivity index (χ0) is 19.3. The Morgan fingerprint density at radius 2 is 1.50 bits per heavy atom. The number of rotatable bonds is 3. The molecule has 136 valence electrons. The Morgan fingerprint density at radius 3 is 2.08 bits per heavy atom. The van der Waals surface area contributed by atoms with Crippen LogP contribution in [-0.2, 0) is 0 Å². The molecular weight excluding hydrogens is 349 g/mol. The van der Waals surface area contributed by atoms with Gasteiger partial charge in [-0.3, -0.25) is 9.59 Å². The number of imide groups is 1. The molecule has 2 aromatic carbocycles. The molecule has 4 nitrogen and oxygen atoms in total. The van der Waals surface area contributed by atoms with E-state index in [1.54, 1.807) is 24.3 Å². The molecule has 0 saturated heterocycles. The van der Waals surface area contributed by atoms with Gasteiger partial charge in [-0.25, -0.2) is 9.29 Å². The number of hydrogen-bond donors (Lipinski definition) is 0. The van der Waals surface area contributed by atoms with Crippen molar-refractivity contribution in [1.29, 1.82) is 0 Å². The predicted molar refractivity (Wildman–Crippen MR) is 102 cm³/mol. The van der Waals surface area contributed by atoms with Gasteiger partial charge in [0.05, 0.1) is 16.8 Å². The van der Waals surface area contributed by atoms with Crippen molar-refractivity contribution in [3.05, 3.63) is 59.4 Å². The van der Waals surface area contributed by atoms with Crippen LogP contribution in [0.1, 0.15) is 41.5 Å². The van der Waals surface area contributed by atoms with E-state index in [4.69, 9.17) is 4.43 Å². The van der Waals surface area contributed by atoms with E-state index in [1.165, 1.54) is 12.1 Å². The van der Waals surface area contributed by atoms with E-state index in [-0.39, 0.29) is 16.2 Å². The molecule has 0 radical (unpaired) electrons. The number of halogens is 1. The van der Waals surface area contributed by atoms with Crippen molar-refractivity contribution in [3.8, 4) is 5.75 Å². The lowest BCUT2D eigenvalue weighted by Gasteiger charge is -2.36. The van der Waals surface area contributed by atoms with Crippen LogP contribution in [-0.4, -0.2) is 20.1 Å². The quantitative estimate of drug-likeness (QED) is 0.563. The van der Waals surface area contributed by atoms with Crippen molar-refractivity contribution < 1.29 is 18.4 Å². The fraction of sp³-hybridized carbons (Fsp3) is 0.300. The highest BCUT2D eigenvalue weighted by Crippen LogP contribution is 2.38. The summed E-state index contributed by atoms with van der Waals surface area (Å²) in [6.07, 6.45) is 0. The summed E-state index contributed by atoms with van der Waals surface area (Å²) in [6, 6.07) is 10.5. The second-order valence-corrected chi connectivity index (χ2v) is 12.7. The maximum atomic E-state index is 13.4. The van der Waals surface area contributed by atoms with E-state index in [1.807, 2.05) is 0 Å². The zero-order valence-corrected chi connectivity index (χ0v) is 16.6. The van der Waals surface area contributed by atoms with Gasteiger partial charge in [0, 0.05) is 0 Å². The Morgan fingerprint density at radius 1 is 0.923 bits per heavy atom. The maximum absolute atomic E-state index is 13.4. The molecule has 0 bridgehead atoms. The molecule has 2 amide bonds. The molecule has 0 spiro atoms. The second kappa shape index (κ2) is 6.05. The SMILES string of the molecule is CC(C)(C)[Si](C)(C)Oc1ccc(N2C(=O)c3ccc(F)cc3C2=O)cc1. The minimum absolute atomic E-state index is 0.0677. The summed E-state index contributed by atoms with van der Waals surface area (Å²) in [4.78, 5) is 26.1. The average molecular weight is 371 g/mol. The fourth-order valence-electron chi connectivity index (χ4n) is 2.56. The van der Waals surface area contributed by atoms with Crippen LogP contribution in [0, 0.1) is 5.82 Å². The van der Waals surface area contributed by atoms with Gasteiger partial charge in [-0.1, -0.05) is 20.8 Å². The van der Waals surface area contributed by atoms with Crippen molar-refractivity contribution in [3.63, 3.8) is 0 Å². The molecule has 0 saturated carbocycles. The first-order valence-electron chi connectivity index (χ1n) is 8.49. The number of nitrogens with zero attached hydrogens (tertiary/aromatic N) is 1. The van der Waals surface area contributed by atoms with Gasteiger partial charge in [0.15, 0.2) is 0 Å². The first-order valence-corrected chi connectivity index (χ1v) is 11.4. The monoisotopic (exact) mass is 371 g/mol. The highest BCUT2D eigenvalue weighted by Gasteiger charge is 2.39. The average Bonchev–Trinajstić information content (AvgIpc) is 2.78. The summed E-state index contributed by atoms with van der Waals surface area (Å²) < 4.78 is 19.6. The van der Waals surface area contributed by atoms with Gasteiger partial charge in [0.25, 0.3) is 11.8 Å². The van der Waals surface area contributed by atoms with Crippen LogP contribution in [0.3, 0.4) is 0 Å². The largest absolute Gasteiger partial charge is 0.544 e. The lowest BCUT2D eigenvalue weighted by Crippen LogP contribution is -2.43. The Bertz CT molecular complexity index is 885. The molecule has 0 aromatic heterocycles. The fourth-order valence-corrected chi connectivity index (χ4v) is 3.59. The molecule has 0 unspecified atom stereocenters. The third kappa shape index (κ3) is 3.05. The Balaban J connectivity index is 1.86. The van der Waals surface area contributed by atoms with Crippen LogP contribution in [0.5, 0.6) is 5.75 Å². The van der Waals surface area contributed by atoms with Crippen molar-refractivity contribution in [2.75, 3.05) is 4.90 Å². The molecule has 3 rings (SSSR count). The summed E-state index contributed by atoms with van der Waals surface area (Å²) in [6.45, 7) is 10.8. The normalized spacial score (nSPS) is 14.6. The molecule has 6 heteroatoms. The lowest BCUT2D eigenvalue weighted by molar-refractivity contribution is 0.0926. The Labute approximate surface area is 153 Å². The van der Waals surface area contributed by atoms with Crippen LogP contribution in [0.4, 0.5) is 10.1 Å². The molecule has 2 aromatic rings. The molecule has 0 fully saturated rings. The van der Waals surface area contributed by atoms with Crippen LogP contribution in [0.2, 0.25) is 18.1 Å². The van der Waals surface area contributed by atoms with E-state index < -0.39 is 25.9 Å². The summed E-state index contributed by atoms with van der Waals surface area (Å²) >= 11 is 0. The highest BCUT2D eigenvalue weighted by atomic mass is 28.4. The molecule has 1 heterocycles.